The molecule has 0 saturated carbocycles. The van der Waals surface area contributed by atoms with Gasteiger partial charge in [0.2, 0.25) is 12.0 Å². The fraction of sp³-hybridized carbons (Fsp3) is 0.190. The fourth-order valence-corrected chi connectivity index (χ4v) is 2.54. The highest BCUT2D eigenvalue weighted by Gasteiger charge is 2.20. The molecule has 0 aliphatic rings. The molecule has 0 saturated heterocycles. The molecule has 0 heterocycles. The van der Waals surface area contributed by atoms with Gasteiger partial charge in [0.1, 0.15) is 11.8 Å². The van der Waals surface area contributed by atoms with Crippen LogP contribution in [0.15, 0.2) is 53.5 Å². The maximum atomic E-state index is 12.5. The predicted molar refractivity (Wildman–Crippen MR) is 108 cm³/mol. The van der Waals surface area contributed by atoms with Crippen molar-refractivity contribution in [2.75, 3.05) is 6.61 Å². The summed E-state index contributed by atoms with van der Waals surface area (Å²) in [5.74, 6) is -2.61. The Morgan fingerprint density at radius 2 is 1.61 bits per heavy atom. The maximum absolute atomic E-state index is 12.5. The number of amides is 2. The minimum Gasteiger partial charge on any atom is -0.484 e. The summed E-state index contributed by atoms with van der Waals surface area (Å²) in [7, 11) is 0. The van der Waals surface area contributed by atoms with Crippen LogP contribution in [0.5, 0.6) is 5.75 Å². The molecule has 2 aromatic rings. The molecule has 4 N–H and O–H groups in total. The average Bonchev–Trinajstić information content (AvgIpc) is 2.75. The molecule has 0 fully saturated rings. The van der Waals surface area contributed by atoms with Gasteiger partial charge in [0, 0.05) is 17.5 Å². The van der Waals surface area contributed by atoms with Gasteiger partial charge in [0.25, 0.3) is 5.91 Å². The Labute approximate surface area is 176 Å². The van der Waals surface area contributed by atoms with Crippen molar-refractivity contribution in [2.24, 2.45) is 10.7 Å². The van der Waals surface area contributed by atoms with Gasteiger partial charge in [-0.25, -0.2) is 9.59 Å². The van der Waals surface area contributed by atoms with Crippen LogP contribution >= 0.6 is 0 Å². The molecule has 0 radical (unpaired) electrons. The molecule has 1 unspecified atom stereocenters. The molecule has 2 rings (SSSR count). The van der Waals surface area contributed by atoms with Gasteiger partial charge in [-0.3, -0.25) is 14.4 Å². The number of carbonyl (C=O) groups is 4. The number of carboxylic acids is 1. The van der Waals surface area contributed by atoms with Gasteiger partial charge >= 0.3 is 5.97 Å². The van der Waals surface area contributed by atoms with Crippen LogP contribution in [0.3, 0.4) is 0 Å². The van der Waals surface area contributed by atoms with Gasteiger partial charge in [0.15, 0.2) is 12.4 Å². The maximum Gasteiger partial charge on any atom is 0.326 e. The van der Waals surface area contributed by atoms with E-state index in [0.717, 1.165) is 0 Å². The minimum absolute atomic E-state index is 0.129. The SMILES string of the molecule is NC(=O)CCC(NC(=O)COc1ccc(C(=O)c2ccc(N=C=O)cc2)cc1)C(=O)O. The third kappa shape index (κ3) is 7.22. The minimum atomic E-state index is -1.29. The second-order valence-corrected chi connectivity index (χ2v) is 6.36. The fourth-order valence-electron chi connectivity index (χ4n) is 2.54. The van der Waals surface area contributed by atoms with E-state index < -0.39 is 30.4 Å². The van der Waals surface area contributed by atoms with Crippen molar-refractivity contribution >= 4 is 35.3 Å². The van der Waals surface area contributed by atoms with Gasteiger partial charge in [-0.1, -0.05) is 0 Å². The number of ether oxygens (including phenoxy) is 1. The summed E-state index contributed by atoms with van der Waals surface area (Å²) >= 11 is 0. The van der Waals surface area contributed by atoms with Crippen molar-refractivity contribution < 1.29 is 33.8 Å². The lowest BCUT2D eigenvalue weighted by atomic mass is 10.0. The number of benzene rings is 2. The number of isocyanates is 1. The molecule has 0 aliphatic heterocycles. The summed E-state index contributed by atoms with van der Waals surface area (Å²) in [4.78, 5) is 60.0. The summed E-state index contributed by atoms with van der Waals surface area (Å²) in [5.41, 5.74) is 6.14. The number of ketones is 1. The summed E-state index contributed by atoms with van der Waals surface area (Å²) in [5, 5.41) is 11.3. The van der Waals surface area contributed by atoms with Gasteiger partial charge in [0.05, 0.1) is 5.69 Å². The zero-order chi connectivity index (χ0) is 22.8. The first kappa shape index (κ1) is 23.0. The summed E-state index contributed by atoms with van der Waals surface area (Å²) in [6, 6.07) is 10.9. The van der Waals surface area contributed by atoms with Gasteiger partial charge in [-0.2, -0.15) is 4.99 Å². The van der Waals surface area contributed by atoms with E-state index in [0.29, 0.717) is 22.6 Å². The topological polar surface area (TPSA) is 165 Å². The van der Waals surface area contributed by atoms with Gasteiger partial charge in [-0.15, -0.1) is 0 Å². The predicted octanol–water partition coefficient (Wildman–Crippen LogP) is 1.10. The van der Waals surface area contributed by atoms with E-state index in [4.69, 9.17) is 15.6 Å². The Bertz CT molecular complexity index is 1010. The number of carbonyl (C=O) groups excluding carboxylic acids is 4. The monoisotopic (exact) mass is 425 g/mol. The normalized spacial score (nSPS) is 11.0. The number of aliphatic imine (C=N–C) groups is 1. The van der Waals surface area contributed by atoms with Crippen molar-refractivity contribution in [3.8, 4) is 5.75 Å². The second kappa shape index (κ2) is 11.0. The molecule has 1 atom stereocenters. The molecule has 10 heteroatoms. The number of nitrogens with one attached hydrogen (secondary N) is 1. The number of aliphatic carboxylic acids is 1. The highest BCUT2D eigenvalue weighted by Crippen LogP contribution is 2.18. The van der Waals surface area contributed by atoms with Crippen molar-refractivity contribution in [1.29, 1.82) is 0 Å². The van der Waals surface area contributed by atoms with Crippen LogP contribution in [0.25, 0.3) is 0 Å². The Balaban J connectivity index is 1.92. The first-order valence-corrected chi connectivity index (χ1v) is 9.06. The number of rotatable bonds is 11. The van der Waals surface area contributed by atoms with Crippen LogP contribution in [-0.4, -0.2) is 47.4 Å². The summed E-state index contributed by atoms with van der Waals surface area (Å²) in [6.07, 6.45) is 1.11. The largest absolute Gasteiger partial charge is 0.484 e. The Kier molecular flexibility index (Phi) is 8.18. The highest BCUT2D eigenvalue weighted by molar-refractivity contribution is 6.09. The number of nitrogens with zero attached hydrogens (tertiary/aromatic N) is 1. The molecular weight excluding hydrogens is 406 g/mol. The lowest BCUT2D eigenvalue weighted by Crippen LogP contribution is -2.43. The van der Waals surface area contributed by atoms with E-state index in [9.17, 15) is 24.0 Å². The van der Waals surface area contributed by atoms with Gasteiger partial charge in [-0.05, 0) is 55.0 Å². The third-order valence-corrected chi connectivity index (χ3v) is 4.10. The lowest BCUT2D eigenvalue weighted by Gasteiger charge is -2.14. The molecule has 0 aromatic heterocycles. The van der Waals surface area contributed by atoms with Crippen LogP contribution in [0.4, 0.5) is 5.69 Å². The number of hydrogen-bond acceptors (Lipinski definition) is 7. The number of primary amides is 1. The average molecular weight is 425 g/mol. The van der Waals surface area contributed by atoms with Crippen LogP contribution in [-0.2, 0) is 19.2 Å². The molecule has 0 spiro atoms. The summed E-state index contributed by atoms with van der Waals surface area (Å²) in [6.45, 7) is -0.452. The molecule has 10 nitrogen and oxygen atoms in total. The standard InChI is InChI=1S/C21H19N3O7/c22-18(26)10-9-17(21(29)30)24-19(27)11-31-16-7-3-14(4-8-16)20(28)13-1-5-15(6-2-13)23-12-25/h1-8,17H,9-11H2,(H2,22,26)(H,24,27)(H,29,30). The molecule has 2 amide bonds. The van der Waals surface area contributed by atoms with Crippen LogP contribution in [0.1, 0.15) is 28.8 Å². The Morgan fingerprint density at radius 1 is 1.03 bits per heavy atom. The lowest BCUT2D eigenvalue weighted by molar-refractivity contribution is -0.142. The van der Waals surface area contributed by atoms with Crippen LogP contribution in [0, 0.1) is 0 Å². The highest BCUT2D eigenvalue weighted by atomic mass is 16.5. The molecule has 0 bridgehead atoms. The van der Waals surface area contributed by atoms with E-state index in [1.165, 1.54) is 54.6 Å². The third-order valence-electron chi connectivity index (χ3n) is 4.10. The van der Waals surface area contributed by atoms with Crippen molar-refractivity contribution in [2.45, 2.75) is 18.9 Å². The zero-order valence-corrected chi connectivity index (χ0v) is 16.2. The number of carboxylic acid groups (broad SMARTS) is 1. The van der Waals surface area contributed by atoms with Crippen molar-refractivity contribution in [1.82, 2.24) is 5.32 Å². The quantitative estimate of drug-likeness (QED) is 0.275. The van der Waals surface area contributed by atoms with Crippen LogP contribution < -0.4 is 15.8 Å². The molecular formula is C21H19N3O7. The Morgan fingerprint density at radius 3 is 2.13 bits per heavy atom. The van der Waals surface area contributed by atoms with E-state index in [1.54, 1.807) is 0 Å². The van der Waals surface area contributed by atoms with E-state index in [2.05, 4.69) is 10.3 Å². The van der Waals surface area contributed by atoms with Gasteiger partial charge < -0.3 is 20.9 Å². The Hall–Kier alpha value is -4.30. The summed E-state index contributed by atoms with van der Waals surface area (Å²) < 4.78 is 5.30. The van der Waals surface area contributed by atoms with Crippen molar-refractivity contribution in [3.63, 3.8) is 0 Å². The first-order valence-electron chi connectivity index (χ1n) is 9.06. The molecule has 2 aromatic carbocycles. The van der Waals surface area contributed by atoms with E-state index >= 15 is 0 Å². The van der Waals surface area contributed by atoms with Crippen LogP contribution in [0.2, 0.25) is 0 Å². The van der Waals surface area contributed by atoms with Crippen molar-refractivity contribution in [3.05, 3.63) is 59.7 Å². The number of nitrogens with two attached hydrogens (primary N) is 1. The molecule has 160 valence electrons. The molecule has 31 heavy (non-hydrogen) atoms. The van der Waals surface area contributed by atoms with E-state index in [-0.39, 0.29) is 18.6 Å². The van der Waals surface area contributed by atoms with E-state index in [1.807, 2.05) is 0 Å². The second-order valence-electron chi connectivity index (χ2n) is 6.36. The first-order chi connectivity index (χ1) is 14.8. The number of hydrogen-bond donors (Lipinski definition) is 3. The smallest absolute Gasteiger partial charge is 0.326 e. The molecule has 0 aliphatic carbocycles. The zero-order valence-electron chi connectivity index (χ0n) is 16.2.